The van der Waals surface area contributed by atoms with Gasteiger partial charge in [-0.3, -0.25) is 4.68 Å². The molecular formula is C13H23N3O. The Morgan fingerprint density at radius 3 is 3.06 bits per heavy atom. The summed E-state index contributed by atoms with van der Waals surface area (Å²) in [5, 5.41) is 7.96. The summed E-state index contributed by atoms with van der Waals surface area (Å²) in [5.41, 5.74) is 1.42. The number of hydrogen-bond acceptors (Lipinski definition) is 3. The van der Waals surface area contributed by atoms with Gasteiger partial charge in [-0.05, 0) is 25.5 Å². The van der Waals surface area contributed by atoms with Gasteiger partial charge in [0.25, 0.3) is 0 Å². The van der Waals surface area contributed by atoms with E-state index in [1.807, 2.05) is 17.9 Å². The quantitative estimate of drug-likeness (QED) is 0.840. The van der Waals surface area contributed by atoms with Crippen molar-refractivity contribution >= 4 is 0 Å². The fourth-order valence-electron chi connectivity index (χ4n) is 2.58. The molecule has 4 nitrogen and oxygen atoms in total. The first-order valence-corrected chi connectivity index (χ1v) is 6.51. The molecule has 1 unspecified atom stereocenters. The molecule has 4 heteroatoms. The molecule has 17 heavy (non-hydrogen) atoms. The van der Waals surface area contributed by atoms with E-state index in [2.05, 4.69) is 23.4 Å². The van der Waals surface area contributed by atoms with Gasteiger partial charge in [0, 0.05) is 38.2 Å². The van der Waals surface area contributed by atoms with Gasteiger partial charge in [0.05, 0.1) is 12.3 Å². The Labute approximate surface area is 103 Å². The van der Waals surface area contributed by atoms with E-state index in [9.17, 15) is 0 Å². The Bertz CT molecular complexity index is 342. The van der Waals surface area contributed by atoms with Crippen LogP contribution in [0.15, 0.2) is 12.3 Å². The summed E-state index contributed by atoms with van der Waals surface area (Å²) < 4.78 is 7.56. The van der Waals surface area contributed by atoms with Crippen molar-refractivity contribution < 1.29 is 4.74 Å². The summed E-state index contributed by atoms with van der Waals surface area (Å²) in [5.74, 6) is 0. The summed E-state index contributed by atoms with van der Waals surface area (Å²) >= 11 is 0. The van der Waals surface area contributed by atoms with Crippen LogP contribution in [0, 0.1) is 5.41 Å². The van der Waals surface area contributed by atoms with E-state index >= 15 is 0 Å². The molecule has 0 aliphatic carbocycles. The Kier molecular flexibility index (Phi) is 4.18. The van der Waals surface area contributed by atoms with Crippen molar-refractivity contribution in [3.63, 3.8) is 0 Å². The molecule has 0 spiro atoms. The minimum absolute atomic E-state index is 0.239. The van der Waals surface area contributed by atoms with Gasteiger partial charge in [-0.25, -0.2) is 0 Å². The largest absolute Gasteiger partial charge is 0.381 e. The Morgan fingerprint density at radius 1 is 1.59 bits per heavy atom. The van der Waals surface area contributed by atoms with E-state index in [0.29, 0.717) is 0 Å². The van der Waals surface area contributed by atoms with E-state index in [4.69, 9.17) is 4.74 Å². The lowest BCUT2D eigenvalue weighted by atomic mass is 9.78. The minimum atomic E-state index is 0.239. The van der Waals surface area contributed by atoms with Crippen molar-refractivity contribution in [2.45, 2.75) is 26.2 Å². The average Bonchev–Trinajstić information content (AvgIpc) is 2.73. The molecule has 96 valence electrons. The molecule has 0 saturated carbocycles. The van der Waals surface area contributed by atoms with E-state index in [-0.39, 0.29) is 5.41 Å². The average molecular weight is 237 g/mol. The Balaban J connectivity index is 2.03. The molecule has 1 fully saturated rings. The normalized spacial score (nSPS) is 25.1. The van der Waals surface area contributed by atoms with Crippen molar-refractivity contribution in [3.05, 3.63) is 18.0 Å². The van der Waals surface area contributed by atoms with Crippen LogP contribution in [0.2, 0.25) is 0 Å². The molecule has 1 N–H and O–H groups in total. The second-order valence-corrected chi connectivity index (χ2v) is 5.09. The summed E-state index contributed by atoms with van der Waals surface area (Å²) in [7, 11) is 1.97. The molecule has 0 radical (unpaired) electrons. The van der Waals surface area contributed by atoms with Crippen molar-refractivity contribution in [2.24, 2.45) is 12.5 Å². The number of nitrogens with one attached hydrogen (secondary N) is 1. The van der Waals surface area contributed by atoms with Crippen LogP contribution in [0.5, 0.6) is 0 Å². The highest BCUT2D eigenvalue weighted by Gasteiger charge is 2.33. The minimum Gasteiger partial charge on any atom is -0.381 e. The SMILES string of the molecule is CCNCC1(Cc2ccn(C)n2)CCCOC1. The Morgan fingerprint density at radius 2 is 2.47 bits per heavy atom. The molecule has 1 aromatic rings. The van der Waals surface area contributed by atoms with Gasteiger partial charge >= 0.3 is 0 Å². The van der Waals surface area contributed by atoms with E-state index in [1.54, 1.807) is 0 Å². The third kappa shape index (κ3) is 3.30. The standard InChI is InChI=1S/C13H23N3O/c1-3-14-10-13(6-4-8-17-11-13)9-12-5-7-16(2)15-12/h5,7,14H,3-4,6,8-11H2,1-2H3. The Hall–Kier alpha value is -0.870. The molecule has 1 aliphatic heterocycles. The van der Waals surface area contributed by atoms with Gasteiger partial charge in [-0.15, -0.1) is 0 Å². The second-order valence-electron chi connectivity index (χ2n) is 5.09. The van der Waals surface area contributed by atoms with Gasteiger partial charge in [0.2, 0.25) is 0 Å². The number of aromatic nitrogens is 2. The zero-order chi connectivity index (χ0) is 12.1. The van der Waals surface area contributed by atoms with Gasteiger partial charge in [0.15, 0.2) is 0 Å². The summed E-state index contributed by atoms with van der Waals surface area (Å²) in [4.78, 5) is 0. The number of rotatable bonds is 5. The van der Waals surface area contributed by atoms with Crippen molar-refractivity contribution in [1.82, 2.24) is 15.1 Å². The number of hydrogen-bond donors (Lipinski definition) is 1. The fourth-order valence-corrected chi connectivity index (χ4v) is 2.58. The first kappa shape index (κ1) is 12.6. The third-order valence-electron chi connectivity index (χ3n) is 3.48. The molecular weight excluding hydrogens is 214 g/mol. The molecule has 0 aromatic carbocycles. The van der Waals surface area contributed by atoms with Crippen LogP contribution >= 0.6 is 0 Å². The lowest BCUT2D eigenvalue weighted by Crippen LogP contribution is -2.42. The van der Waals surface area contributed by atoms with Gasteiger partial charge in [-0.1, -0.05) is 6.92 Å². The maximum atomic E-state index is 5.69. The smallest absolute Gasteiger partial charge is 0.0631 e. The first-order valence-electron chi connectivity index (χ1n) is 6.51. The lowest BCUT2D eigenvalue weighted by molar-refractivity contribution is -0.00744. The molecule has 0 bridgehead atoms. The van der Waals surface area contributed by atoms with Crippen LogP contribution in [0.3, 0.4) is 0 Å². The molecule has 2 rings (SSSR count). The van der Waals surface area contributed by atoms with Crippen LogP contribution in [0.1, 0.15) is 25.5 Å². The maximum Gasteiger partial charge on any atom is 0.0631 e. The zero-order valence-electron chi connectivity index (χ0n) is 10.9. The fraction of sp³-hybridized carbons (Fsp3) is 0.769. The molecule has 2 heterocycles. The third-order valence-corrected chi connectivity index (χ3v) is 3.48. The molecule has 1 saturated heterocycles. The van der Waals surface area contributed by atoms with Crippen LogP contribution in [0.25, 0.3) is 0 Å². The van der Waals surface area contributed by atoms with Gasteiger partial charge in [0.1, 0.15) is 0 Å². The monoisotopic (exact) mass is 237 g/mol. The van der Waals surface area contributed by atoms with Crippen molar-refractivity contribution in [3.8, 4) is 0 Å². The van der Waals surface area contributed by atoms with Crippen molar-refractivity contribution in [1.29, 1.82) is 0 Å². The number of ether oxygens (including phenoxy) is 1. The number of aryl methyl sites for hydroxylation is 1. The molecule has 0 amide bonds. The second kappa shape index (κ2) is 5.65. The van der Waals surface area contributed by atoms with Crippen LogP contribution in [0.4, 0.5) is 0 Å². The summed E-state index contributed by atoms with van der Waals surface area (Å²) in [6.45, 7) is 5.97. The first-order chi connectivity index (χ1) is 8.24. The zero-order valence-corrected chi connectivity index (χ0v) is 10.9. The maximum absolute atomic E-state index is 5.69. The molecule has 1 aromatic heterocycles. The summed E-state index contributed by atoms with van der Waals surface area (Å²) in [6, 6.07) is 2.11. The summed E-state index contributed by atoms with van der Waals surface area (Å²) in [6.07, 6.45) is 5.43. The van der Waals surface area contributed by atoms with Crippen LogP contribution < -0.4 is 5.32 Å². The lowest BCUT2D eigenvalue weighted by Gasteiger charge is -2.36. The van der Waals surface area contributed by atoms with E-state index < -0.39 is 0 Å². The molecule has 1 aliphatic rings. The predicted octanol–water partition coefficient (Wildman–Crippen LogP) is 1.37. The predicted molar refractivity (Wildman–Crippen MR) is 67.9 cm³/mol. The van der Waals surface area contributed by atoms with E-state index in [0.717, 1.165) is 39.1 Å². The highest BCUT2D eigenvalue weighted by molar-refractivity contribution is 5.04. The van der Waals surface area contributed by atoms with Gasteiger partial charge < -0.3 is 10.1 Å². The van der Waals surface area contributed by atoms with E-state index in [1.165, 1.54) is 12.1 Å². The van der Waals surface area contributed by atoms with Crippen molar-refractivity contribution in [2.75, 3.05) is 26.3 Å². The van der Waals surface area contributed by atoms with Crippen LogP contribution in [-0.2, 0) is 18.2 Å². The highest BCUT2D eigenvalue weighted by Crippen LogP contribution is 2.31. The number of nitrogens with zero attached hydrogens (tertiary/aromatic N) is 2. The molecule has 1 atom stereocenters. The van der Waals surface area contributed by atoms with Crippen LogP contribution in [-0.4, -0.2) is 36.1 Å². The highest BCUT2D eigenvalue weighted by atomic mass is 16.5. The van der Waals surface area contributed by atoms with Gasteiger partial charge in [-0.2, -0.15) is 5.10 Å². The topological polar surface area (TPSA) is 39.1 Å².